The third-order valence-electron chi connectivity index (χ3n) is 3.00. The SMILES string of the molecule is COc1ncc(C#Cc2ccc(C(F)(F)F)cc2CBr)nc1OC. The zero-order valence-corrected chi connectivity index (χ0v) is 14.3. The third kappa shape index (κ3) is 4.17. The minimum absolute atomic E-state index is 0.178. The van der Waals surface area contributed by atoms with E-state index in [4.69, 9.17) is 9.47 Å². The summed E-state index contributed by atoms with van der Waals surface area (Å²) in [6.07, 6.45) is -3.00. The van der Waals surface area contributed by atoms with Crippen molar-refractivity contribution in [2.24, 2.45) is 0 Å². The molecule has 0 amide bonds. The van der Waals surface area contributed by atoms with Crippen molar-refractivity contribution in [2.45, 2.75) is 11.5 Å². The highest BCUT2D eigenvalue weighted by Gasteiger charge is 2.30. The molecule has 1 heterocycles. The number of hydrogen-bond acceptors (Lipinski definition) is 4. The van der Waals surface area contributed by atoms with E-state index in [1.165, 1.54) is 26.5 Å². The highest BCUT2D eigenvalue weighted by molar-refractivity contribution is 9.08. The van der Waals surface area contributed by atoms with Gasteiger partial charge in [0.05, 0.1) is 26.0 Å². The van der Waals surface area contributed by atoms with E-state index in [1.807, 2.05) is 0 Å². The molecule has 0 atom stereocenters. The zero-order chi connectivity index (χ0) is 17.7. The summed E-state index contributed by atoms with van der Waals surface area (Å²) in [5, 5.41) is 0.249. The number of hydrogen-bond donors (Lipinski definition) is 0. The molecule has 0 saturated heterocycles. The maximum Gasteiger partial charge on any atom is 0.416 e. The van der Waals surface area contributed by atoms with Gasteiger partial charge in [-0.05, 0) is 29.7 Å². The van der Waals surface area contributed by atoms with Crippen molar-refractivity contribution in [3.05, 3.63) is 46.8 Å². The smallest absolute Gasteiger partial charge is 0.416 e. The monoisotopic (exact) mass is 400 g/mol. The molecule has 1 aromatic heterocycles. The van der Waals surface area contributed by atoms with Crippen LogP contribution < -0.4 is 9.47 Å². The quantitative estimate of drug-likeness (QED) is 0.580. The van der Waals surface area contributed by atoms with E-state index in [2.05, 4.69) is 37.7 Å². The molecule has 8 heteroatoms. The Kier molecular flexibility index (Phi) is 5.67. The fourth-order valence-corrected chi connectivity index (χ4v) is 2.29. The van der Waals surface area contributed by atoms with Crippen LogP contribution in [0.5, 0.6) is 11.8 Å². The van der Waals surface area contributed by atoms with Gasteiger partial charge in [-0.3, -0.25) is 0 Å². The van der Waals surface area contributed by atoms with E-state index in [0.29, 0.717) is 16.8 Å². The third-order valence-corrected chi connectivity index (χ3v) is 3.60. The molecule has 2 aromatic rings. The predicted molar refractivity (Wildman–Crippen MR) is 85.2 cm³/mol. The van der Waals surface area contributed by atoms with E-state index < -0.39 is 11.7 Å². The number of nitrogens with zero attached hydrogens (tertiary/aromatic N) is 2. The second-order valence-corrected chi connectivity index (χ2v) is 5.09. The summed E-state index contributed by atoms with van der Waals surface area (Å²) >= 11 is 3.18. The van der Waals surface area contributed by atoms with Crippen LogP contribution in [-0.4, -0.2) is 24.2 Å². The number of rotatable bonds is 3. The summed E-state index contributed by atoms with van der Waals surface area (Å²) in [4.78, 5) is 8.11. The number of benzene rings is 1. The average Bonchev–Trinajstić information content (AvgIpc) is 2.58. The van der Waals surface area contributed by atoms with Crippen molar-refractivity contribution >= 4 is 15.9 Å². The molecule has 4 nitrogen and oxygen atoms in total. The number of alkyl halides is 4. The van der Waals surface area contributed by atoms with Crippen LogP contribution >= 0.6 is 15.9 Å². The Balaban J connectivity index is 2.37. The highest BCUT2D eigenvalue weighted by Crippen LogP contribution is 2.31. The molecule has 0 aliphatic rings. The molecule has 126 valence electrons. The lowest BCUT2D eigenvalue weighted by molar-refractivity contribution is -0.137. The fraction of sp³-hybridized carbons (Fsp3) is 0.250. The van der Waals surface area contributed by atoms with Crippen LogP contribution in [0.4, 0.5) is 13.2 Å². The van der Waals surface area contributed by atoms with E-state index in [9.17, 15) is 13.2 Å². The Labute approximate surface area is 145 Å². The first kappa shape index (κ1) is 18.1. The van der Waals surface area contributed by atoms with Crippen molar-refractivity contribution in [2.75, 3.05) is 14.2 Å². The molecule has 0 spiro atoms. The molecule has 0 unspecified atom stereocenters. The van der Waals surface area contributed by atoms with Crippen LogP contribution in [0.15, 0.2) is 24.4 Å². The summed E-state index contributed by atoms with van der Waals surface area (Å²) in [6, 6.07) is 3.40. The van der Waals surface area contributed by atoms with Gasteiger partial charge in [0, 0.05) is 10.9 Å². The molecule has 0 aliphatic heterocycles. The first-order chi connectivity index (χ1) is 11.4. The van der Waals surface area contributed by atoms with Gasteiger partial charge in [-0.25, -0.2) is 4.98 Å². The molecule has 0 fully saturated rings. The number of aromatic nitrogens is 2. The molecule has 0 bridgehead atoms. The van der Waals surface area contributed by atoms with Crippen molar-refractivity contribution in [3.63, 3.8) is 0 Å². The van der Waals surface area contributed by atoms with Gasteiger partial charge in [0.25, 0.3) is 11.8 Å². The van der Waals surface area contributed by atoms with E-state index in [1.54, 1.807) is 0 Å². The number of halogens is 4. The summed E-state index contributed by atoms with van der Waals surface area (Å²) in [6.45, 7) is 0. The van der Waals surface area contributed by atoms with Crippen LogP contribution in [0, 0.1) is 11.8 Å². The Hall–Kier alpha value is -2.27. The van der Waals surface area contributed by atoms with Crippen molar-refractivity contribution in [1.29, 1.82) is 0 Å². The van der Waals surface area contributed by atoms with Gasteiger partial charge in [0.1, 0.15) is 5.69 Å². The predicted octanol–water partition coefficient (Wildman–Crippen LogP) is 3.81. The molecule has 0 aliphatic carbocycles. The summed E-state index contributed by atoms with van der Waals surface area (Å²) < 4.78 is 48.2. The van der Waals surface area contributed by atoms with Crippen molar-refractivity contribution in [3.8, 4) is 23.6 Å². The van der Waals surface area contributed by atoms with Crippen molar-refractivity contribution in [1.82, 2.24) is 9.97 Å². The van der Waals surface area contributed by atoms with Crippen LogP contribution in [0.1, 0.15) is 22.4 Å². The first-order valence-electron chi connectivity index (χ1n) is 6.62. The van der Waals surface area contributed by atoms with Gasteiger partial charge in [0.15, 0.2) is 0 Å². The van der Waals surface area contributed by atoms with Crippen LogP contribution in [0.2, 0.25) is 0 Å². The summed E-state index contributed by atoms with van der Waals surface area (Å²) in [5.74, 6) is 5.96. The minimum Gasteiger partial charge on any atom is -0.477 e. The summed E-state index contributed by atoms with van der Waals surface area (Å²) in [7, 11) is 2.85. The van der Waals surface area contributed by atoms with Crippen LogP contribution in [0.25, 0.3) is 0 Å². The average molecular weight is 401 g/mol. The van der Waals surface area contributed by atoms with E-state index in [0.717, 1.165) is 12.1 Å². The van der Waals surface area contributed by atoms with Crippen molar-refractivity contribution < 1.29 is 22.6 Å². The lowest BCUT2D eigenvalue weighted by atomic mass is 10.1. The standard InChI is InChI=1S/C16H12BrF3N2O2/c1-23-14-15(24-2)22-13(9-21-14)6-4-10-3-5-12(16(18,19)20)7-11(10)8-17/h3,5,7,9H,8H2,1-2H3. The maximum absolute atomic E-state index is 12.7. The Bertz CT molecular complexity index is 798. The molecule has 0 radical (unpaired) electrons. The molecule has 2 rings (SSSR count). The van der Waals surface area contributed by atoms with E-state index >= 15 is 0 Å². The molecule has 0 saturated carbocycles. The van der Waals surface area contributed by atoms with Gasteiger partial charge in [-0.15, -0.1) is 0 Å². The fourth-order valence-electron chi connectivity index (χ4n) is 1.83. The van der Waals surface area contributed by atoms with Gasteiger partial charge in [-0.2, -0.15) is 18.2 Å². The Morgan fingerprint density at radius 2 is 1.83 bits per heavy atom. The second-order valence-electron chi connectivity index (χ2n) is 4.53. The highest BCUT2D eigenvalue weighted by atomic mass is 79.9. The minimum atomic E-state index is -4.39. The van der Waals surface area contributed by atoms with Crippen LogP contribution in [0.3, 0.4) is 0 Å². The largest absolute Gasteiger partial charge is 0.477 e. The van der Waals surface area contributed by atoms with Gasteiger partial charge >= 0.3 is 6.18 Å². The van der Waals surface area contributed by atoms with Gasteiger partial charge in [-0.1, -0.05) is 21.9 Å². The lowest BCUT2D eigenvalue weighted by Gasteiger charge is -2.09. The molecular weight excluding hydrogens is 389 g/mol. The molecule has 1 aromatic carbocycles. The molecular formula is C16H12BrF3N2O2. The Morgan fingerprint density at radius 3 is 2.42 bits per heavy atom. The maximum atomic E-state index is 12.7. The normalized spacial score (nSPS) is 10.8. The topological polar surface area (TPSA) is 44.2 Å². The van der Waals surface area contributed by atoms with Gasteiger partial charge < -0.3 is 9.47 Å². The number of methoxy groups -OCH3 is 2. The number of ether oxygens (including phenoxy) is 2. The molecule has 24 heavy (non-hydrogen) atoms. The molecule has 0 N–H and O–H groups in total. The lowest BCUT2D eigenvalue weighted by Crippen LogP contribution is -2.05. The zero-order valence-electron chi connectivity index (χ0n) is 12.7. The first-order valence-corrected chi connectivity index (χ1v) is 7.74. The van der Waals surface area contributed by atoms with E-state index in [-0.39, 0.29) is 17.1 Å². The van der Waals surface area contributed by atoms with Crippen LogP contribution in [-0.2, 0) is 11.5 Å². The second kappa shape index (κ2) is 7.53. The summed E-state index contributed by atoms with van der Waals surface area (Å²) in [5.41, 5.74) is 0.503. The Morgan fingerprint density at radius 1 is 1.12 bits per heavy atom. The van der Waals surface area contributed by atoms with Gasteiger partial charge in [0.2, 0.25) is 0 Å².